The minimum atomic E-state index is 0.317. The fraction of sp³-hybridized carbons (Fsp3) is 0.312. The van der Waals surface area contributed by atoms with Gasteiger partial charge in [0.1, 0.15) is 5.75 Å². The smallest absolute Gasteiger partial charge is 0.119 e. The Balaban J connectivity index is 1.85. The summed E-state index contributed by atoms with van der Waals surface area (Å²) in [7, 11) is 1.70. The molecule has 0 aliphatic heterocycles. The van der Waals surface area contributed by atoms with E-state index in [1.54, 1.807) is 7.11 Å². The maximum absolute atomic E-state index is 5.24. The number of hydrogen-bond donors (Lipinski definition) is 1. The molecule has 1 atom stereocenters. The Morgan fingerprint density at radius 1 is 1.21 bits per heavy atom. The molecule has 2 aromatic rings. The third kappa shape index (κ3) is 4.07. The number of pyridine rings is 1. The van der Waals surface area contributed by atoms with Gasteiger partial charge in [-0.3, -0.25) is 4.98 Å². The normalized spacial score (nSPS) is 12.1. The molecule has 19 heavy (non-hydrogen) atoms. The first kappa shape index (κ1) is 13.6. The molecule has 0 unspecified atom stereocenters. The van der Waals surface area contributed by atoms with Crippen LogP contribution in [0, 0.1) is 0 Å². The fourth-order valence-electron chi connectivity index (χ4n) is 2.01. The zero-order valence-electron chi connectivity index (χ0n) is 11.5. The molecule has 2 rings (SSSR count). The van der Waals surface area contributed by atoms with Gasteiger partial charge < -0.3 is 10.1 Å². The van der Waals surface area contributed by atoms with Crippen LogP contribution in [0.4, 0.5) is 0 Å². The van der Waals surface area contributed by atoms with E-state index >= 15 is 0 Å². The highest BCUT2D eigenvalue weighted by molar-refractivity contribution is 5.30. The molecule has 100 valence electrons. The number of aromatic nitrogens is 1. The van der Waals surface area contributed by atoms with E-state index in [0.29, 0.717) is 6.04 Å². The third-order valence-electron chi connectivity index (χ3n) is 3.21. The first-order valence-electron chi connectivity index (χ1n) is 6.56. The van der Waals surface area contributed by atoms with Crippen LogP contribution in [0.5, 0.6) is 5.75 Å². The Morgan fingerprint density at radius 3 is 2.74 bits per heavy atom. The molecule has 0 fully saturated rings. The van der Waals surface area contributed by atoms with Gasteiger partial charge in [0.2, 0.25) is 0 Å². The lowest BCUT2D eigenvalue weighted by Gasteiger charge is -2.15. The van der Waals surface area contributed by atoms with Crippen molar-refractivity contribution < 1.29 is 4.74 Å². The van der Waals surface area contributed by atoms with Gasteiger partial charge in [0.25, 0.3) is 0 Å². The van der Waals surface area contributed by atoms with Gasteiger partial charge in [-0.1, -0.05) is 12.1 Å². The van der Waals surface area contributed by atoms with Crippen molar-refractivity contribution >= 4 is 0 Å². The van der Waals surface area contributed by atoms with E-state index in [1.807, 2.05) is 24.5 Å². The van der Waals surface area contributed by atoms with Crippen molar-refractivity contribution in [3.05, 3.63) is 59.9 Å². The molecule has 0 bridgehead atoms. The average molecular weight is 256 g/mol. The topological polar surface area (TPSA) is 34.1 Å². The summed E-state index contributed by atoms with van der Waals surface area (Å²) in [6.07, 6.45) is 4.68. The molecule has 1 aromatic carbocycles. The standard InChI is InChI=1S/C16H20N2O/c1-13(15-4-3-5-16(12-15)19-2)18-11-8-14-6-9-17-10-7-14/h3-7,9-10,12-13,18H,8,11H2,1-2H3/t13-/m0/s1. The lowest BCUT2D eigenvalue weighted by atomic mass is 10.1. The summed E-state index contributed by atoms with van der Waals surface area (Å²) in [4.78, 5) is 4.02. The van der Waals surface area contributed by atoms with Crippen molar-refractivity contribution in [3.8, 4) is 5.75 Å². The van der Waals surface area contributed by atoms with Crippen molar-refractivity contribution in [2.24, 2.45) is 0 Å². The predicted octanol–water partition coefficient (Wildman–Crippen LogP) is 2.98. The van der Waals surface area contributed by atoms with Crippen LogP contribution in [0.25, 0.3) is 0 Å². The molecule has 0 aliphatic rings. The number of hydrogen-bond acceptors (Lipinski definition) is 3. The minimum Gasteiger partial charge on any atom is -0.497 e. The fourth-order valence-corrected chi connectivity index (χ4v) is 2.01. The molecule has 1 N–H and O–H groups in total. The molecular formula is C16H20N2O. The van der Waals surface area contributed by atoms with E-state index in [1.165, 1.54) is 11.1 Å². The first-order chi connectivity index (χ1) is 9.29. The van der Waals surface area contributed by atoms with Crippen molar-refractivity contribution in [3.63, 3.8) is 0 Å². The Bertz CT molecular complexity index is 499. The van der Waals surface area contributed by atoms with Gasteiger partial charge in [0, 0.05) is 18.4 Å². The van der Waals surface area contributed by atoms with Gasteiger partial charge >= 0.3 is 0 Å². The summed E-state index contributed by atoms with van der Waals surface area (Å²) in [5, 5.41) is 3.52. The molecule has 0 spiro atoms. The maximum Gasteiger partial charge on any atom is 0.119 e. The van der Waals surface area contributed by atoms with Crippen molar-refractivity contribution in [1.29, 1.82) is 0 Å². The predicted molar refractivity (Wildman–Crippen MR) is 77.4 cm³/mol. The summed E-state index contributed by atoms with van der Waals surface area (Å²) in [5.74, 6) is 0.903. The van der Waals surface area contributed by atoms with Crippen LogP contribution < -0.4 is 10.1 Å². The summed E-state index contributed by atoms with van der Waals surface area (Å²) in [5.41, 5.74) is 2.55. The van der Waals surface area contributed by atoms with Crippen LogP contribution in [0.1, 0.15) is 24.1 Å². The van der Waals surface area contributed by atoms with Crippen LogP contribution in [0.2, 0.25) is 0 Å². The second kappa shape index (κ2) is 6.90. The van der Waals surface area contributed by atoms with E-state index in [4.69, 9.17) is 4.74 Å². The molecule has 0 saturated heterocycles. The molecule has 1 aromatic heterocycles. The molecule has 0 saturated carbocycles. The number of ether oxygens (including phenoxy) is 1. The highest BCUT2D eigenvalue weighted by atomic mass is 16.5. The Hall–Kier alpha value is -1.87. The first-order valence-corrected chi connectivity index (χ1v) is 6.56. The van der Waals surface area contributed by atoms with Gasteiger partial charge in [0.05, 0.1) is 7.11 Å². The number of methoxy groups -OCH3 is 1. The van der Waals surface area contributed by atoms with Crippen LogP contribution in [-0.4, -0.2) is 18.6 Å². The molecule has 1 heterocycles. The summed E-state index contributed by atoms with van der Waals surface area (Å²) in [6.45, 7) is 3.11. The SMILES string of the molecule is COc1cccc([C@H](C)NCCc2ccncc2)c1. The van der Waals surface area contributed by atoms with Gasteiger partial charge in [-0.05, 0) is 55.3 Å². The van der Waals surface area contributed by atoms with Crippen LogP contribution in [0.3, 0.4) is 0 Å². The lowest BCUT2D eigenvalue weighted by Crippen LogP contribution is -2.21. The van der Waals surface area contributed by atoms with E-state index in [2.05, 4.69) is 41.5 Å². The summed E-state index contributed by atoms with van der Waals surface area (Å²) in [6, 6.07) is 12.6. The summed E-state index contributed by atoms with van der Waals surface area (Å²) >= 11 is 0. The second-order valence-corrected chi connectivity index (χ2v) is 4.56. The monoisotopic (exact) mass is 256 g/mol. The van der Waals surface area contributed by atoms with Crippen molar-refractivity contribution in [2.75, 3.05) is 13.7 Å². The Morgan fingerprint density at radius 2 is 2.00 bits per heavy atom. The van der Waals surface area contributed by atoms with E-state index in [9.17, 15) is 0 Å². The molecular weight excluding hydrogens is 236 g/mol. The van der Waals surface area contributed by atoms with Gasteiger partial charge in [0.15, 0.2) is 0 Å². The quantitative estimate of drug-likeness (QED) is 0.862. The zero-order chi connectivity index (χ0) is 13.5. The number of nitrogens with one attached hydrogen (secondary N) is 1. The van der Waals surface area contributed by atoms with Gasteiger partial charge in [-0.2, -0.15) is 0 Å². The number of nitrogens with zero attached hydrogens (tertiary/aromatic N) is 1. The highest BCUT2D eigenvalue weighted by Crippen LogP contribution is 2.18. The maximum atomic E-state index is 5.24. The highest BCUT2D eigenvalue weighted by Gasteiger charge is 2.05. The molecule has 3 heteroatoms. The molecule has 3 nitrogen and oxygen atoms in total. The van der Waals surface area contributed by atoms with Gasteiger partial charge in [-0.25, -0.2) is 0 Å². The molecule has 0 amide bonds. The van der Waals surface area contributed by atoms with Crippen molar-refractivity contribution in [2.45, 2.75) is 19.4 Å². The Labute approximate surface area is 114 Å². The second-order valence-electron chi connectivity index (χ2n) is 4.56. The average Bonchev–Trinajstić information content (AvgIpc) is 2.48. The van der Waals surface area contributed by atoms with E-state index < -0.39 is 0 Å². The van der Waals surface area contributed by atoms with Crippen molar-refractivity contribution in [1.82, 2.24) is 10.3 Å². The van der Waals surface area contributed by atoms with Crippen LogP contribution in [0.15, 0.2) is 48.8 Å². The van der Waals surface area contributed by atoms with E-state index in [-0.39, 0.29) is 0 Å². The van der Waals surface area contributed by atoms with Crippen LogP contribution in [-0.2, 0) is 6.42 Å². The van der Waals surface area contributed by atoms with E-state index in [0.717, 1.165) is 18.7 Å². The third-order valence-corrected chi connectivity index (χ3v) is 3.21. The number of benzene rings is 1. The van der Waals surface area contributed by atoms with Gasteiger partial charge in [-0.15, -0.1) is 0 Å². The molecule has 0 radical (unpaired) electrons. The van der Waals surface area contributed by atoms with Crippen LogP contribution >= 0.6 is 0 Å². The summed E-state index contributed by atoms with van der Waals surface area (Å²) < 4.78 is 5.24. The largest absolute Gasteiger partial charge is 0.497 e. The number of rotatable bonds is 6. The Kier molecular flexibility index (Phi) is 4.93. The lowest BCUT2D eigenvalue weighted by molar-refractivity contribution is 0.413. The zero-order valence-corrected chi connectivity index (χ0v) is 11.5. The minimum absolute atomic E-state index is 0.317. The molecule has 0 aliphatic carbocycles.